The number of benzene rings is 1. The lowest BCUT2D eigenvalue weighted by atomic mass is 10.2. The summed E-state index contributed by atoms with van der Waals surface area (Å²) in [6, 6.07) is 9.96. The molecule has 1 aromatic carbocycles. The normalized spacial score (nSPS) is 19.0. The van der Waals surface area contributed by atoms with Crippen molar-refractivity contribution in [3.05, 3.63) is 42.0 Å². The first-order valence-corrected chi connectivity index (χ1v) is 7.61. The number of ether oxygens (including phenoxy) is 1. The minimum Gasteiger partial charge on any atom is -0.485 e. The van der Waals surface area contributed by atoms with E-state index in [1.807, 2.05) is 30.3 Å². The molecule has 112 valence electrons. The van der Waals surface area contributed by atoms with Crippen LogP contribution in [0, 0.1) is 0 Å². The smallest absolute Gasteiger partial charge is 0.244 e. The first-order chi connectivity index (χ1) is 10.4. The molecule has 3 rings (SSSR count). The van der Waals surface area contributed by atoms with Gasteiger partial charge in [0.1, 0.15) is 5.75 Å². The summed E-state index contributed by atoms with van der Waals surface area (Å²) in [5.74, 6) is 2.15. The van der Waals surface area contributed by atoms with Crippen LogP contribution in [0.3, 0.4) is 0 Å². The molecule has 1 fully saturated rings. The predicted octanol–water partition coefficient (Wildman–Crippen LogP) is 3.20. The van der Waals surface area contributed by atoms with Gasteiger partial charge in [0.05, 0.1) is 6.04 Å². The zero-order valence-corrected chi connectivity index (χ0v) is 12.4. The van der Waals surface area contributed by atoms with Crippen LogP contribution in [-0.2, 0) is 6.61 Å². The highest BCUT2D eigenvalue weighted by Crippen LogP contribution is 2.30. The lowest BCUT2D eigenvalue weighted by molar-refractivity contribution is 0.207. The summed E-state index contributed by atoms with van der Waals surface area (Å²) >= 11 is 0. The highest BCUT2D eigenvalue weighted by atomic mass is 16.5. The van der Waals surface area contributed by atoms with Crippen molar-refractivity contribution in [1.82, 2.24) is 15.0 Å². The van der Waals surface area contributed by atoms with Gasteiger partial charge in [0.25, 0.3) is 0 Å². The average molecular weight is 287 g/mol. The van der Waals surface area contributed by atoms with E-state index >= 15 is 0 Å². The van der Waals surface area contributed by atoms with E-state index in [1.54, 1.807) is 0 Å². The van der Waals surface area contributed by atoms with Gasteiger partial charge in [-0.25, -0.2) is 0 Å². The third-order valence-corrected chi connectivity index (χ3v) is 3.75. The fraction of sp³-hybridized carbons (Fsp3) is 0.500. The molecule has 2 aromatic rings. The molecule has 5 nitrogen and oxygen atoms in total. The van der Waals surface area contributed by atoms with Gasteiger partial charge in [-0.3, -0.25) is 4.90 Å². The summed E-state index contributed by atoms with van der Waals surface area (Å²) in [5, 5.41) is 4.03. The monoisotopic (exact) mass is 287 g/mol. The molecule has 1 aliphatic rings. The molecule has 1 saturated heterocycles. The van der Waals surface area contributed by atoms with Gasteiger partial charge in [-0.05, 0) is 44.5 Å². The molecule has 0 saturated carbocycles. The Bertz CT molecular complexity index is 556. The number of nitrogens with zero attached hydrogens (tertiary/aromatic N) is 3. The van der Waals surface area contributed by atoms with Crippen LogP contribution in [0.5, 0.6) is 5.75 Å². The van der Waals surface area contributed by atoms with Gasteiger partial charge < -0.3 is 9.26 Å². The number of hydrogen-bond donors (Lipinski definition) is 0. The van der Waals surface area contributed by atoms with Crippen LogP contribution in [0.15, 0.2) is 34.9 Å². The zero-order chi connectivity index (χ0) is 14.5. The van der Waals surface area contributed by atoms with Crippen molar-refractivity contribution in [2.45, 2.75) is 38.8 Å². The van der Waals surface area contributed by atoms with Crippen molar-refractivity contribution >= 4 is 0 Å². The van der Waals surface area contributed by atoms with E-state index < -0.39 is 0 Å². The minimum atomic E-state index is 0.280. The highest BCUT2D eigenvalue weighted by Gasteiger charge is 2.29. The van der Waals surface area contributed by atoms with Crippen LogP contribution in [-0.4, -0.2) is 28.1 Å². The van der Waals surface area contributed by atoms with Crippen molar-refractivity contribution in [1.29, 1.82) is 0 Å². The second-order valence-corrected chi connectivity index (χ2v) is 5.34. The van der Waals surface area contributed by atoms with Crippen molar-refractivity contribution in [3.8, 4) is 5.75 Å². The third-order valence-electron chi connectivity index (χ3n) is 3.75. The van der Waals surface area contributed by atoms with Crippen LogP contribution in [0.4, 0.5) is 0 Å². The number of para-hydroxylation sites is 1. The first kappa shape index (κ1) is 14.1. The molecule has 0 radical (unpaired) electrons. The molecule has 0 bridgehead atoms. The second-order valence-electron chi connectivity index (χ2n) is 5.34. The summed E-state index contributed by atoms with van der Waals surface area (Å²) in [7, 11) is 0. The van der Waals surface area contributed by atoms with Crippen LogP contribution >= 0.6 is 0 Å². The van der Waals surface area contributed by atoms with E-state index in [1.165, 1.54) is 6.42 Å². The van der Waals surface area contributed by atoms with Gasteiger partial charge in [-0.2, -0.15) is 4.98 Å². The summed E-state index contributed by atoms with van der Waals surface area (Å²) in [5.41, 5.74) is 0. The molecular formula is C16H21N3O2. The second kappa shape index (κ2) is 6.72. The van der Waals surface area contributed by atoms with Crippen LogP contribution in [0.1, 0.15) is 43.9 Å². The zero-order valence-electron chi connectivity index (χ0n) is 12.4. The standard InChI is InChI=1S/C16H21N3O2/c1-2-10-19-11-6-9-14(19)16-17-15(18-21-16)12-20-13-7-4-3-5-8-13/h3-5,7-8,14H,2,6,9-12H2,1H3/t14-/m1/s1. The average Bonchev–Trinajstić information content (AvgIpc) is 3.15. The molecule has 0 aliphatic carbocycles. The Morgan fingerprint density at radius 1 is 1.33 bits per heavy atom. The van der Waals surface area contributed by atoms with Crippen LogP contribution < -0.4 is 4.74 Å². The molecule has 0 amide bonds. The molecular weight excluding hydrogens is 266 g/mol. The predicted molar refractivity (Wildman–Crippen MR) is 78.9 cm³/mol. The molecule has 21 heavy (non-hydrogen) atoms. The van der Waals surface area contributed by atoms with E-state index in [4.69, 9.17) is 9.26 Å². The van der Waals surface area contributed by atoms with E-state index in [-0.39, 0.29) is 6.04 Å². The quantitative estimate of drug-likeness (QED) is 0.816. The fourth-order valence-electron chi connectivity index (χ4n) is 2.79. The Kier molecular flexibility index (Phi) is 4.50. The van der Waals surface area contributed by atoms with Gasteiger partial charge in [-0.15, -0.1) is 0 Å². The Hall–Kier alpha value is -1.88. The first-order valence-electron chi connectivity index (χ1n) is 7.61. The largest absolute Gasteiger partial charge is 0.485 e. The Morgan fingerprint density at radius 3 is 3.00 bits per heavy atom. The Balaban J connectivity index is 1.61. The summed E-state index contributed by atoms with van der Waals surface area (Å²) in [6.45, 7) is 4.75. The van der Waals surface area contributed by atoms with Gasteiger partial charge in [-0.1, -0.05) is 30.3 Å². The minimum absolute atomic E-state index is 0.280. The van der Waals surface area contributed by atoms with Crippen molar-refractivity contribution < 1.29 is 9.26 Å². The number of hydrogen-bond acceptors (Lipinski definition) is 5. The van der Waals surface area contributed by atoms with Crippen molar-refractivity contribution in [2.24, 2.45) is 0 Å². The molecule has 1 aromatic heterocycles. The van der Waals surface area contributed by atoms with Crippen molar-refractivity contribution in [3.63, 3.8) is 0 Å². The molecule has 5 heteroatoms. The molecule has 1 aliphatic heterocycles. The molecule has 0 spiro atoms. The third kappa shape index (κ3) is 3.42. The highest BCUT2D eigenvalue weighted by molar-refractivity contribution is 5.20. The lowest BCUT2D eigenvalue weighted by Gasteiger charge is -2.20. The fourth-order valence-corrected chi connectivity index (χ4v) is 2.79. The lowest BCUT2D eigenvalue weighted by Crippen LogP contribution is -2.24. The van der Waals surface area contributed by atoms with E-state index in [9.17, 15) is 0 Å². The maximum atomic E-state index is 5.64. The molecule has 0 N–H and O–H groups in total. The van der Waals surface area contributed by atoms with Gasteiger partial charge in [0.15, 0.2) is 6.61 Å². The van der Waals surface area contributed by atoms with Gasteiger partial charge in [0.2, 0.25) is 11.7 Å². The Morgan fingerprint density at radius 2 is 2.19 bits per heavy atom. The van der Waals surface area contributed by atoms with Crippen LogP contribution in [0.25, 0.3) is 0 Å². The maximum absolute atomic E-state index is 5.64. The molecule has 2 heterocycles. The van der Waals surface area contributed by atoms with Crippen molar-refractivity contribution in [2.75, 3.05) is 13.1 Å². The van der Waals surface area contributed by atoms with Gasteiger partial charge >= 0.3 is 0 Å². The van der Waals surface area contributed by atoms with E-state index in [2.05, 4.69) is 22.0 Å². The van der Waals surface area contributed by atoms with Gasteiger partial charge in [0, 0.05) is 0 Å². The summed E-state index contributed by atoms with van der Waals surface area (Å²) < 4.78 is 11.1. The molecule has 1 atom stereocenters. The summed E-state index contributed by atoms with van der Waals surface area (Å²) in [6.07, 6.45) is 3.44. The SMILES string of the molecule is CCCN1CCC[C@@H]1c1nc(COc2ccccc2)no1. The molecule has 0 unspecified atom stereocenters. The maximum Gasteiger partial charge on any atom is 0.244 e. The van der Waals surface area contributed by atoms with Crippen LogP contribution in [0.2, 0.25) is 0 Å². The van der Waals surface area contributed by atoms with E-state index in [0.29, 0.717) is 12.4 Å². The number of likely N-dealkylation sites (tertiary alicyclic amines) is 1. The topological polar surface area (TPSA) is 51.4 Å². The Labute approximate surface area is 124 Å². The number of rotatable bonds is 6. The van der Waals surface area contributed by atoms with E-state index in [0.717, 1.165) is 37.6 Å². The number of aromatic nitrogens is 2. The summed E-state index contributed by atoms with van der Waals surface area (Å²) in [4.78, 5) is 6.92.